The highest BCUT2D eigenvalue weighted by molar-refractivity contribution is 7.80. The van der Waals surface area contributed by atoms with Gasteiger partial charge in [-0.25, -0.2) is 0 Å². The van der Waals surface area contributed by atoms with Gasteiger partial charge in [0.05, 0.1) is 4.99 Å². The third kappa shape index (κ3) is 3.17. The first-order chi connectivity index (χ1) is 7.43. The Labute approximate surface area is 103 Å². The van der Waals surface area contributed by atoms with Gasteiger partial charge in [0.25, 0.3) is 0 Å². The molecule has 1 aliphatic heterocycles. The van der Waals surface area contributed by atoms with Gasteiger partial charge in [0.15, 0.2) is 0 Å². The maximum Gasteiger partial charge on any atom is 0.225 e. The number of piperidine rings is 1. The zero-order valence-electron chi connectivity index (χ0n) is 10.4. The van der Waals surface area contributed by atoms with Gasteiger partial charge in [0.2, 0.25) is 5.91 Å². The van der Waals surface area contributed by atoms with Gasteiger partial charge in [-0.05, 0) is 18.8 Å². The predicted molar refractivity (Wildman–Crippen MR) is 70.1 cm³/mol. The van der Waals surface area contributed by atoms with Crippen LogP contribution in [0, 0.1) is 17.8 Å². The van der Waals surface area contributed by atoms with Crippen LogP contribution in [0.15, 0.2) is 0 Å². The minimum atomic E-state index is 0.0881. The minimum Gasteiger partial charge on any atom is -0.393 e. The molecule has 1 aliphatic rings. The maximum absolute atomic E-state index is 12.1. The maximum atomic E-state index is 12.1. The molecule has 2 unspecified atom stereocenters. The van der Waals surface area contributed by atoms with Crippen LogP contribution in [-0.4, -0.2) is 28.9 Å². The van der Waals surface area contributed by atoms with Gasteiger partial charge in [0, 0.05) is 24.9 Å². The molecule has 92 valence electrons. The number of rotatable bonds is 3. The van der Waals surface area contributed by atoms with Crippen molar-refractivity contribution < 1.29 is 4.79 Å². The van der Waals surface area contributed by atoms with Crippen LogP contribution in [0.25, 0.3) is 0 Å². The van der Waals surface area contributed by atoms with Crippen molar-refractivity contribution in [2.75, 3.05) is 13.1 Å². The molecule has 0 bridgehead atoms. The third-order valence-corrected chi connectivity index (χ3v) is 3.86. The summed E-state index contributed by atoms with van der Waals surface area (Å²) in [6.45, 7) is 7.73. The molecule has 0 saturated carbocycles. The summed E-state index contributed by atoms with van der Waals surface area (Å²) < 4.78 is 0. The summed E-state index contributed by atoms with van der Waals surface area (Å²) in [5.74, 6) is 0.936. The molecule has 1 rings (SSSR count). The number of hydrogen-bond acceptors (Lipinski definition) is 2. The van der Waals surface area contributed by atoms with E-state index in [0.29, 0.717) is 17.5 Å². The molecule has 4 heteroatoms. The molecular formula is C12H22N2OS. The normalized spacial score (nSPS) is 23.2. The highest BCUT2D eigenvalue weighted by Crippen LogP contribution is 2.21. The van der Waals surface area contributed by atoms with Gasteiger partial charge in [-0.3, -0.25) is 4.79 Å². The number of amides is 1. The second-order valence-corrected chi connectivity index (χ2v) is 5.53. The molecule has 1 fully saturated rings. The fourth-order valence-corrected chi connectivity index (χ4v) is 2.18. The molecule has 0 aromatic rings. The first-order valence-electron chi connectivity index (χ1n) is 6.01. The molecule has 0 radical (unpaired) electrons. The van der Waals surface area contributed by atoms with E-state index in [2.05, 4.69) is 13.8 Å². The van der Waals surface area contributed by atoms with Gasteiger partial charge in [-0.15, -0.1) is 0 Å². The Hall–Kier alpha value is -0.640. The van der Waals surface area contributed by atoms with Crippen molar-refractivity contribution in [2.45, 2.75) is 33.6 Å². The first kappa shape index (κ1) is 13.4. The van der Waals surface area contributed by atoms with Crippen LogP contribution in [0.3, 0.4) is 0 Å². The fourth-order valence-electron chi connectivity index (χ4n) is 1.98. The van der Waals surface area contributed by atoms with Crippen molar-refractivity contribution in [2.24, 2.45) is 23.5 Å². The van der Waals surface area contributed by atoms with E-state index in [0.717, 1.165) is 19.4 Å². The van der Waals surface area contributed by atoms with Crippen molar-refractivity contribution in [1.82, 2.24) is 4.90 Å². The van der Waals surface area contributed by atoms with E-state index in [-0.39, 0.29) is 17.7 Å². The Morgan fingerprint density at radius 1 is 1.44 bits per heavy atom. The van der Waals surface area contributed by atoms with Crippen LogP contribution in [0.2, 0.25) is 0 Å². The summed E-state index contributed by atoms with van der Waals surface area (Å²) in [6, 6.07) is 0. The molecule has 3 nitrogen and oxygen atoms in total. The molecule has 0 aromatic heterocycles. The average molecular weight is 242 g/mol. The average Bonchev–Trinajstić information content (AvgIpc) is 2.27. The third-order valence-electron chi connectivity index (χ3n) is 3.52. The molecule has 1 heterocycles. The Morgan fingerprint density at radius 2 is 2.06 bits per heavy atom. The van der Waals surface area contributed by atoms with Crippen LogP contribution in [0.5, 0.6) is 0 Å². The lowest BCUT2D eigenvalue weighted by atomic mass is 9.93. The predicted octanol–water partition coefficient (Wildman–Crippen LogP) is 1.80. The van der Waals surface area contributed by atoms with Crippen LogP contribution in [-0.2, 0) is 4.79 Å². The van der Waals surface area contributed by atoms with Gasteiger partial charge < -0.3 is 10.6 Å². The van der Waals surface area contributed by atoms with Gasteiger partial charge in [-0.2, -0.15) is 0 Å². The minimum absolute atomic E-state index is 0.0881. The Kier molecular flexibility index (Phi) is 4.71. The number of carbonyl (C=O) groups excluding carboxylic acids is 1. The van der Waals surface area contributed by atoms with Gasteiger partial charge in [-0.1, -0.05) is 33.0 Å². The fraction of sp³-hybridized carbons (Fsp3) is 0.833. The standard InChI is InChI=1S/C12H22N2OS/c1-8(2)9(3)12(15)14-6-4-5-10(7-14)11(13)16/h8-10H,4-7H2,1-3H3,(H2,13,16). The summed E-state index contributed by atoms with van der Waals surface area (Å²) in [5.41, 5.74) is 5.66. The van der Waals surface area contributed by atoms with Crippen LogP contribution in [0.4, 0.5) is 0 Å². The highest BCUT2D eigenvalue weighted by atomic mass is 32.1. The molecule has 0 aliphatic carbocycles. The van der Waals surface area contributed by atoms with Gasteiger partial charge in [0.1, 0.15) is 0 Å². The highest BCUT2D eigenvalue weighted by Gasteiger charge is 2.28. The monoisotopic (exact) mass is 242 g/mol. The van der Waals surface area contributed by atoms with E-state index in [1.165, 1.54) is 0 Å². The van der Waals surface area contributed by atoms with Crippen molar-refractivity contribution in [3.8, 4) is 0 Å². The molecule has 2 N–H and O–H groups in total. The van der Waals surface area contributed by atoms with Crippen molar-refractivity contribution >= 4 is 23.1 Å². The zero-order chi connectivity index (χ0) is 12.3. The van der Waals surface area contributed by atoms with Crippen molar-refractivity contribution in [3.63, 3.8) is 0 Å². The second kappa shape index (κ2) is 5.62. The lowest BCUT2D eigenvalue weighted by molar-refractivity contribution is -0.137. The van der Waals surface area contributed by atoms with E-state index in [1.54, 1.807) is 0 Å². The molecular weight excluding hydrogens is 220 g/mol. The Morgan fingerprint density at radius 3 is 2.56 bits per heavy atom. The summed E-state index contributed by atoms with van der Waals surface area (Å²) in [6.07, 6.45) is 2.04. The van der Waals surface area contributed by atoms with Crippen molar-refractivity contribution in [3.05, 3.63) is 0 Å². The first-order valence-corrected chi connectivity index (χ1v) is 6.42. The number of carbonyl (C=O) groups is 1. The Bertz CT molecular complexity index is 278. The lowest BCUT2D eigenvalue weighted by Gasteiger charge is -2.34. The van der Waals surface area contributed by atoms with Crippen LogP contribution < -0.4 is 5.73 Å². The SMILES string of the molecule is CC(C)C(C)C(=O)N1CCCC(C(N)=S)C1. The van der Waals surface area contributed by atoms with E-state index in [4.69, 9.17) is 18.0 Å². The molecule has 1 saturated heterocycles. The van der Waals surface area contributed by atoms with E-state index >= 15 is 0 Å². The number of nitrogens with two attached hydrogens (primary N) is 1. The van der Waals surface area contributed by atoms with E-state index in [1.807, 2.05) is 11.8 Å². The van der Waals surface area contributed by atoms with Gasteiger partial charge >= 0.3 is 0 Å². The summed E-state index contributed by atoms with van der Waals surface area (Å²) in [5, 5.41) is 0. The van der Waals surface area contributed by atoms with Crippen molar-refractivity contribution in [1.29, 1.82) is 0 Å². The summed E-state index contributed by atoms with van der Waals surface area (Å²) in [4.78, 5) is 14.6. The summed E-state index contributed by atoms with van der Waals surface area (Å²) in [7, 11) is 0. The topological polar surface area (TPSA) is 46.3 Å². The number of hydrogen-bond donors (Lipinski definition) is 1. The van der Waals surface area contributed by atoms with Crippen LogP contribution >= 0.6 is 12.2 Å². The molecule has 1 amide bonds. The van der Waals surface area contributed by atoms with E-state index < -0.39 is 0 Å². The Balaban J connectivity index is 2.60. The molecule has 2 atom stereocenters. The summed E-state index contributed by atoms with van der Waals surface area (Å²) >= 11 is 5.01. The lowest BCUT2D eigenvalue weighted by Crippen LogP contribution is -2.46. The second-order valence-electron chi connectivity index (χ2n) is 5.06. The molecule has 0 aromatic carbocycles. The largest absolute Gasteiger partial charge is 0.393 e. The quantitative estimate of drug-likeness (QED) is 0.768. The number of nitrogens with zero attached hydrogens (tertiary/aromatic N) is 1. The molecule has 16 heavy (non-hydrogen) atoms. The zero-order valence-corrected chi connectivity index (χ0v) is 11.2. The van der Waals surface area contributed by atoms with Crippen LogP contribution in [0.1, 0.15) is 33.6 Å². The smallest absolute Gasteiger partial charge is 0.225 e. The number of likely N-dealkylation sites (tertiary alicyclic amines) is 1. The number of thiocarbonyl (C=S) groups is 1. The van der Waals surface area contributed by atoms with E-state index in [9.17, 15) is 4.79 Å². The molecule has 0 spiro atoms.